The van der Waals surface area contributed by atoms with Crippen LogP contribution >= 0.6 is 23.4 Å². The highest BCUT2D eigenvalue weighted by Crippen LogP contribution is 2.30. The molecule has 0 heterocycles. The van der Waals surface area contributed by atoms with Gasteiger partial charge in [0, 0.05) is 22.7 Å². The van der Waals surface area contributed by atoms with E-state index in [1.54, 1.807) is 24.3 Å². The zero-order valence-electron chi connectivity index (χ0n) is 16.4. The van der Waals surface area contributed by atoms with Crippen LogP contribution < -0.4 is 10.6 Å². The first kappa shape index (κ1) is 21.7. The molecule has 0 spiro atoms. The second-order valence-electron chi connectivity index (χ2n) is 6.57. The molecule has 0 aliphatic carbocycles. The molecule has 0 radical (unpaired) electrons. The number of nitro groups is 1. The first-order valence-corrected chi connectivity index (χ1v) is 10.7. The van der Waals surface area contributed by atoms with Crippen LogP contribution in [-0.2, 0) is 0 Å². The van der Waals surface area contributed by atoms with Crippen LogP contribution in [0, 0.1) is 10.1 Å². The van der Waals surface area contributed by atoms with E-state index in [0.717, 1.165) is 16.1 Å². The Morgan fingerprint density at radius 2 is 1.83 bits per heavy atom. The molecule has 0 aliphatic rings. The van der Waals surface area contributed by atoms with Crippen LogP contribution in [0.4, 0.5) is 17.1 Å². The number of anilines is 2. The number of thioether (sulfide) groups is 1. The van der Waals surface area contributed by atoms with Crippen molar-refractivity contribution in [1.29, 1.82) is 0 Å². The van der Waals surface area contributed by atoms with Crippen LogP contribution in [0.3, 0.4) is 0 Å². The van der Waals surface area contributed by atoms with E-state index in [9.17, 15) is 14.9 Å². The number of hydrogen-bond acceptors (Lipinski definition) is 5. The minimum Gasteiger partial charge on any atom is -0.377 e. The van der Waals surface area contributed by atoms with Crippen molar-refractivity contribution in [2.24, 2.45) is 0 Å². The van der Waals surface area contributed by atoms with E-state index in [2.05, 4.69) is 10.6 Å². The van der Waals surface area contributed by atoms with Crippen molar-refractivity contribution in [3.8, 4) is 0 Å². The number of nitrogens with zero attached hydrogens (tertiary/aromatic N) is 1. The van der Waals surface area contributed by atoms with E-state index in [1.807, 2.05) is 43.5 Å². The van der Waals surface area contributed by atoms with Crippen LogP contribution in [-0.4, -0.2) is 17.1 Å². The summed E-state index contributed by atoms with van der Waals surface area (Å²) in [4.78, 5) is 24.2. The van der Waals surface area contributed by atoms with Crippen LogP contribution in [0.5, 0.6) is 0 Å². The summed E-state index contributed by atoms with van der Waals surface area (Å²) in [5.41, 5.74) is 2.05. The van der Waals surface area contributed by atoms with Gasteiger partial charge in [0.1, 0.15) is 5.56 Å². The number of rotatable bonds is 7. The normalized spacial score (nSPS) is 11.6. The number of hydrogen-bond donors (Lipinski definition) is 2. The monoisotopic (exact) mass is 441 g/mol. The van der Waals surface area contributed by atoms with E-state index < -0.39 is 10.8 Å². The lowest BCUT2D eigenvalue weighted by Gasteiger charge is -2.17. The van der Waals surface area contributed by atoms with Crippen LogP contribution in [0.25, 0.3) is 0 Å². The smallest absolute Gasteiger partial charge is 0.282 e. The molecule has 0 fully saturated rings. The zero-order chi connectivity index (χ0) is 21.7. The highest BCUT2D eigenvalue weighted by atomic mass is 35.5. The fourth-order valence-corrected chi connectivity index (χ4v) is 3.62. The Kier molecular flexibility index (Phi) is 6.97. The average molecular weight is 442 g/mol. The second-order valence-corrected chi connectivity index (χ2v) is 7.85. The van der Waals surface area contributed by atoms with Gasteiger partial charge in [0.15, 0.2) is 0 Å². The third-order valence-electron chi connectivity index (χ3n) is 4.54. The molecule has 0 aromatic heterocycles. The van der Waals surface area contributed by atoms with Gasteiger partial charge in [-0.1, -0.05) is 41.9 Å². The standard InChI is InChI=1S/C22H20ClN3O3S/c1-14(15-6-4-3-5-7-15)24-20-10-8-16(12-19(20)23)25-22(27)18-13-17(30-2)9-11-21(18)26(28)29/h3-14,24H,1-2H3,(H,25,27). The molecule has 1 atom stereocenters. The summed E-state index contributed by atoms with van der Waals surface area (Å²) < 4.78 is 0. The first-order valence-electron chi connectivity index (χ1n) is 9.14. The van der Waals surface area contributed by atoms with Gasteiger partial charge in [-0.2, -0.15) is 0 Å². The average Bonchev–Trinajstić information content (AvgIpc) is 2.75. The first-order chi connectivity index (χ1) is 14.4. The third-order valence-corrected chi connectivity index (χ3v) is 5.58. The predicted octanol–water partition coefficient (Wildman–Crippen LogP) is 6.40. The molecule has 3 aromatic rings. The van der Waals surface area contributed by atoms with E-state index >= 15 is 0 Å². The summed E-state index contributed by atoms with van der Waals surface area (Å²) in [6, 6.07) is 19.5. The SMILES string of the molecule is CSc1ccc([N+](=O)[O-])c(C(=O)Nc2ccc(NC(C)c3ccccc3)c(Cl)c2)c1. The van der Waals surface area contributed by atoms with Gasteiger partial charge in [0.25, 0.3) is 11.6 Å². The largest absolute Gasteiger partial charge is 0.377 e. The highest BCUT2D eigenvalue weighted by molar-refractivity contribution is 7.98. The van der Waals surface area contributed by atoms with Crippen LogP contribution in [0.1, 0.15) is 28.9 Å². The number of benzene rings is 3. The number of halogens is 1. The summed E-state index contributed by atoms with van der Waals surface area (Å²) in [7, 11) is 0. The number of nitro benzene ring substituents is 1. The van der Waals surface area contributed by atoms with Crippen molar-refractivity contribution in [1.82, 2.24) is 0 Å². The highest BCUT2D eigenvalue weighted by Gasteiger charge is 2.21. The van der Waals surface area contributed by atoms with E-state index in [1.165, 1.54) is 23.9 Å². The van der Waals surface area contributed by atoms with Crippen molar-refractivity contribution < 1.29 is 9.72 Å². The lowest BCUT2D eigenvalue weighted by atomic mass is 10.1. The maximum Gasteiger partial charge on any atom is 0.282 e. The Labute approximate surface area is 183 Å². The molecule has 0 saturated heterocycles. The summed E-state index contributed by atoms with van der Waals surface area (Å²) in [5, 5.41) is 17.8. The molecule has 8 heteroatoms. The molecular weight excluding hydrogens is 422 g/mol. The van der Waals surface area contributed by atoms with Gasteiger partial charge < -0.3 is 10.6 Å². The summed E-state index contributed by atoms with van der Waals surface area (Å²) in [5.74, 6) is -0.563. The molecule has 0 saturated carbocycles. The molecule has 1 amide bonds. The molecule has 154 valence electrons. The van der Waals surface area contributed by atoms with Gasteiger partial charge in [-0.3, -0.25) is 14.9 Å². The number of amides is 1. The molecular formula is C22H20ClN3O3S. The molecule has 3 aromatic carbocycles. The van der Waals surface area contributed by atoms with Gasteiger partial charge >= 0.3 is 0 Å². The Balaban J connectivity index is 1.77. The fraction of sp³-hybridized carbons (Fsp3) is 0.136. The third kappa shape index (κ3) is 5.11. The minimum absolute atomic E-state index is 0.00266. The maximum atomic E-state index is 12.7. The quantitative estimate of drug-likeness (QED) is 0.252. The molecule has 3 rings (SSSR count). The topological polar surface area (TPSA) is 84.3 Å². The number of carbonyl (C=O) groups is 1. The van der Waals surface area contributed by atoms with Crippen molar-refractivity contribution in [2.75, 3.05) is 16.9 Å². The van der Waals surface area contributed by atoms with Crippen molar-refractivity contribution in [3.05, 3.63) is 93.0 Å². The molecule has 6 nitrogen and oxygen atoms in total. The second kappa shape index (κ2) is 9.65. The summed E-state index contributed by atoms with van der Waals surface area (Å²) in [6.45, 7) is 2.03. The predicted molar refractivity (Wildman–Crippen MR) is 123 cm³/mol. The van der Waals surface area contributed by atoms with Crippen LogP contribution in [0.2, 0.25) is 5.02 Å². The Hall–Kier alpha value is -3.03. The summed E-state index contributed by atoms with van der Waals surface area (Å²) >= 11 is 7.80. The Morgan fingerprint density at radius 1 is 1.10 bits per heavy atom. The molecule has 1 unspecified atom stereocenters. The van der Waals surface area contributed by atoms with E-state index in [0.29, 0.717) is 10.7 Å². The fourth-order valence-electron chi connectivity index (χ4n) is 2.95. The molecule has 0 bridgehead atoms. The minimum atomic E-state index is -0.565. The lowest BCUT2D eigenvalue weighted by Crippen LogP contribution is -2.14. The van der Waals surface area contributed by atoms with Gasteiger partial charge in [-0.15, -0.1) is 11.8 Å². The van der Waals surface area contributed by atoms with Crippen molar-refractivity contribution in [2.45, 2.75) is 17.9 Å². The number of nitrogens with one attached hydrogen (secondary N) is 2. The zero-order valence-corrected chi connectivity index (χ0v) is 18.0. The number of carbonyl (C=O) groups excluding carboxylic acids is 1. The van der Waals surface area contributed by atoms with Gasteiger partial charge in [0.2, 0.25) is 0 Å². The summed E-state index contributed by atoms with van der Waals surface area (Å²) in [6.07, 6.45) is 1.84. The maximum absolute atomic E-state index is 12.7. The van der Waals surface area contributed by atoms with Gasteiger partial charge in [0.05, 0.1) is 15.6 Å². The van der Waals surface area contributed by atoms with Gasteiger partial charge in [-0.25, -0.2) is 0 Å². The van der Waals surface area contributed by atoms with Crippen molar-refractivity contribution >= 4 is 46.3 Å². The van der Waals surface area contributed by atoms with E-state index in [-0.39, 0.29) is 17.3 Å². The van der Waals surface area contributed by atoms with E-state index in [4.69, 9.17) is 11.6 Å². The van der Waals surface area contributed by atoms with Crippen molar-refractivity contribution in [3.63, 3.8) is 0 Å². The molecule has 2 N–H and O–H groups in total. The lowest BCUT2D eigenvalue weighted by molar-refractivity contribution is -0.385. The molecule has 30 heavy (non-hydrogen) atoms. The van der Waals surface area contributed by atoms with Crippen LogP contribution in [0.15, 0.2) is 71.6 Å². The molecule has 0 aliphatic heterocycles. The Morgan fingerprint density at radius 3 is 2.47 bits per heavy atom. The Bertz CT molecular complexity index is 1080. The van der Waals surface area contributed by atoms with Gasteiger partial charge in [-0.05, 0) is 49.1 Å².